The van der Waals surface area contributed by atoms with E-state index in [1.165, 1.54) is 38.3 Å². The fourth-order valence-electron chi connectivity index (χ4n) is 3.41. The van der Waals surface area contributed by atoms with Gasteiger partial charge in [0.05, 0.1) is 0 Å². The fourth-order valence-corrected chi connectivity index (χ4v) is 5.23. The predicted octanol–water partition coefficient (Wildman–Crippen LogP) is 6.91. The second-order valence-corrected chi connectivity index (χ2v) is 9.30. The first-order valence-corrected chi connectivity index (χ1v) is 11.7. The molecule has 0 atom stereocenters. The van der Waals surface area contributed by atoms with Crippen LogP contribution in [0.2, 0.25) is 0 Å². The summed E-state index contributed by atoms with van der Waals surface area (Å²) in [5, 5.41) is 12.3. The number of benzene rings is 2. The van der Waals surface area contributed by atoms with Crippen molar-refractivity contribution in [2.24, 2.45) is 0 Å². The van der Waals surface area contributed by atoms with E-state index in [4.69, 9.17) is 0 Å². The third-order valence-corrected chi connectivity index (χ3v) is 7.03. The van der Waals surface area contributed by atoms with E-state index in [0.29, 0.717) is 0 Å². The highest BCUT2D eigenvalue weighted by Gasteiger charge is 2.20. The molecule has 4 rings (SSSR count). The summed E-state index contributed by atoms with van der Waals surface area (Å²) >= 11 is 3.53. The highest BCUT2D eigenvalue weighted by molar-refractivity contribution is 7.98. The van der Waals surface area contributed by atoms with E-state index in [2.05, 4.69) is 96.4 Å². The normalized spacial score (nSPS) is 11.2. The topological polar surface area (TPSA) is 30.7 Å². The number of rotatable bonds is 6. The Bertz CT molecular complexity index is 1110. The van der Waals surface area contributed by atoms with Crippen molar-refractivity contribution in [1.29, 1.82) is 0 Å². The van der Waals surface area contributed by atoms with Gasteiger partial charge in [-0.05, 0) is 38.8 Å². The van der Waals surface area contributed by atoms with Crippen LogP contribution in [0.25, 0.3) is 22.5 Å². The summed E-state index contributed by atoms with van der Waals surface area (Å²) in [5.41, 5.74) is 7.55. The van der Waals surface area contributed by atoms with E-state index in [1.54, 1.807) is 23.1 Å². The van der Waals surface area contributed by atoms with Gasteiger partial charge in [0, 0.05) is 33.7 Å². The van der Waals surface area contributed by atoms with Crippen LogP contribution >= 0.6 is 23.1 Å². The first-order chi connectivity index (χ1) is 14.1. The Labute approximate surface area is 180 Å². The van der Waals surface area contributed by atoms with Gasteiger partial charge in [-0.2, -0.15) is 0 Å². The maximum absolute atomic E-state index is 4.60. The first-order valence-electron chi connectivity index (χ1n) is 9.84. The average molecular weight is 420 g/mol. The van der Waals surface area contributed by atoms with Crippen molar-refractivity contribution in [1.82, 2.24) is 14.8 Å². The molecule has 5 heteroatoms. The molecule has 2 aromatic heterocycles. The van der Waals surface area contributed by atoms with Gasteiger partial charge in [0.2, 0.25) is 0 Å². The highest BCUT2D eigenvalue weighted by atomic mass is 32.2. The summed E-state index contributed by atoms with van der Waals surface area (Å²) in [5.74, 6) is 1.85. The van der Waals surface area contributed by atoms with E-state index in [0.717, 1.165) is 23.3 Å². The minimum atomic E-state index is 0.848. The molecule has 0 fully saturated rings. The van der Waals surface area contributed by atoms with Gasteiger partial charge in [-0.25, -0.2) is 0 Å². The molecule has 3 nitrogen and oxygen atoms in total. The Balaban J connectivity index is 1.66. The zero-order valence-electron chi connectivity index (χ0n) is 17.3. The lowest BCUT2D eigenvalue weighted by Gasteiger charge is -2.10. The molecule has 0 bridgehead atoms. The number of thiophene rings is 1. The standard InChI is InChI=1S/C24H25N3S2/c1-5-27-23(25-26-24(27)29-14-19-10-6-16(2)7-11-19)21-15-28-18(4)22(21)20-12-8-17(3)9-13-20/h6-13,15H,5,14H2,1-4H3. The summed E-state index contributed by atoms with van der Waals surface area (Å²) in [7, 11) is 0. The van der Waals surface area contributed by atoms with Crippen molar-refractivity contribution in [3.63, 3.8) is 0 Å². The molecule has 0 aliphatic rings. The summed E-state index contributed by atoms with van der Waals surface area (Å²) < 4.78 is 2.23. The van der Waals surface area contributed by atoms with Crippen LogP contribution in [0.3, 0.4) is 0 Å². The van der Waals surface area contributed by atoms with Gasteiger partial charge in [-0.1, -0.05) is 71.4 Å². The predicted molar refractivity (Wildman–Crippen MR) is 125 cm³/mol. The molecule has 148 valence electrons. The summed E-state index contributed by atoms with van der Waals surface area (Å²) in [6.45, 7) is 9.43. The number of thioether (sulfide) groups is 1. The molecule has 0 aliphatic heterocycles. The maximum Gasteiger partial charge on any atom is 0.191 e. The van der Waals surface area contributed by atoms with Crippen molar-refractivity contribution in [3.8, 4) is 22.5 Å². The van der Waals surface area contributed by atoms with Crippen LogP contribution in [0.5, 0.6) is 0 Å². The molecule has 29 heavy (non-hydrogen) atoms. The van der Waals surface area contributed by atoms with Gasteiger partial charge in [0.15, 0.2) is 11.0 Å². The van der Waals surface area contributed by atoms with E-state index in [1.807, 2.05) is 0 Å². The Morgan fingerprint density at radius 3 is 2.21 bits per heavy atom. The molecule has 0 saturated carbocycles. The summed E-state index contributed by atoms with van der Waals surface area (Å²) in [4.78, 5) is 1.31. The number of aromatic nitrogens is 3. The minimum absolute atomic E-state index is 0.848. The van der Waals surface area contributed by atoms with Gasteiger partial charge in [0.1, 0.15) is 0 Å². The lowest BCUT2D eigenvalue weighted by molar-refractivity contribution is 0.687. The zero-order valence-corrected chi connectivity index (χ0v) is 18.9. The number of nitrogens with zero attached hydrogens (tertiary/aromatic N) is 3. The van der Waals surface area contributed by atoms with Crippen LogP contribution in [0.15, 0.2) is 59.1 Å². The molecular weight excluding hydrogens is 394 g/mol. The van der Waals surface area contributed by atoms with Gasteiger partial charge in [0.25, 0.3) is 0 Å². The monoisotopic (exact) mass is 419 g/mol. The fraction of sp³-hybridized carbons (Fsp3) is 0.250. The van der Waals surface area contributed by atoms with Crippen molar-refractivity contribution in [2.45, 2.75) is 45.1 Å². The van der Waals surface area contributed by atoms with Crippen molar-refractivity contribution in [2.75, 3.05) is 0 Å². The molecule has 0 radical (unpaired) electrons. The Morgan fingerprint density at radius 2 is 1.55 bits per heavy atom. The van der Waals surface area contributed by atoms with Crippen molar-refractivity contribution >= 4 is 23.1 Å². The van der Waals surface area contributed by atoms with Crippen molar-refractivity contribution < 1.29 is 0 Å². The number of aryl methyl sites for hydroxylation is 3. The molecule has 0 aliphatic carbocycles. The molecule has 0 spiro atoms. The van der Waals surface area contributed by atoms with Crippen LogP contribution in [0.4, 0.5) is 0 Å². The lowest BCUT2D eigenvalue weighted by atomic mass is 10.0. The summed E-state index contributed by atoms with van der Waals surface area (Å²) in [6, 6.07) is 17.4. The molecule has 0 amide bonds. The molecule has 0 unspecified atom stereocenters. The minimum Gasteiger partial charge on any atom is -0.302 e. The molecule has 0 N–H and O–H groups in total. The van der Waals surface area contributed by atoms with Crippen LogP contribution in [0.1, 0.15) is 28.5 Å². The second-order valence-electron chi connectivity index (χ2n) is 7.27. The van der Waals surface area contributed by atoms with Crippen molar-refractivity contribution in [3.05, 3.63) is 75.5 Å². The van der Waals surface area contributed by atoms with Crippen LogP contribution < -0.4 is 0 Å². The van der Waals surface area contributed by atoms with E-state index in [9.17, 15) is 0 Å². The van der Waals surface area contributed by atoms with E-state index in [-0.39, 0.29) is 0 Å². The largest absolute Gasteiger partial charge is 0.302 e. The van der Waals surface area contributed by atoms with E-state index < -0.39 is 0 Å². The number of hydrogen-bond acceptors (Lipinski definition) is 4. The quantitative estimate of drug-likeness (QED) is 0.318. The molecule has 2 heterocycles. The molecule has 2 aromatic carbocycles. The van der Waals surface area contributed by atoms with Crippen LogP contribution in [-0.4, -0.2) is 14.8 Å². The SMILES string of the molecule is CCn1c(SCc2ccc(C)cc2)nnc1-c1csc(C)c1-c1ccc(C)cc1. The van der Waals surface area contributed by atoms with Crippen LogP contribution in [-0.2, 0) is 12.3 Å². The lowest BCUT2D eigenvalue weighted by Crippen LogP contribution is -2.00. The van der Waals surface area contributed by atoms with Gasteiger partial charge < -0.3 is 4.57 Å². The molecule has 0 saturated heterocycles. The smallest absolute Gasteiger partial charge is 0.191 e. The first kappa shape index (κ1) is 19.9. The highest BCUT2D eigenvalue weighted by Crippen LogP contribution is 2.39. The second kappa shape index (κ2) is 8.56. The van der Waals surface area contributed by atoms with Gasteiger partial charge >= 0.3 is 0 Å². The third-order valence-electron chi connectivity index (χ3n) is 5.08. The Morgan fingerprint density at radius 1 is 0.897 bits per heavy atom. The Kier molecular flexibility index (Phi) is 5.88. The maximum atomic E-state index is 4.60. The third kappa shape index (κ3) is 4.16. The summed E-state index contributed by atoms with van der Waals surface area (Å²) in [6.07, 6.45) is 0. The molecule has 4 aromatic rings. The molecular formula is C24H25N3S2. The number of hydrogen-bond donors (Lipinski definition) is 0. The zero-order chi connectivity index (χ0) is 20.4. The Hall–Kier alpha value is -2.37. The average Bonchev–Trinajstić information content (AvgIpc) is 3.31. The van der Waals surface area contributed by atoms with Gasteiger partial charge in [-0.3, -0.25) is 0 Å². The van der Waals surface area contributed by atoms with Crippen LogP contribution in [0, 0.1) is 20.8 Å². The van der Waals surface area contributed by atoms with E-state index >= 15 is 0 Å². The van der Waals surface area contributed by atoms with Gasteiger partial charge in [-0.15, -0.1) is 21.5 Å².